The van der Waals surface area contributed by atoms with Crippen LogP contribution in [0.5, 0.6) is 5.75 Å². The minimum Gasteiger partial charge on any atom is -0.483 e. The molecule has 0 saturated carbocycles. The van der Waals surface area contributed by atoms with Crippen LogP contribution >= 0.6 is 11.6 Å². The van der Waals surface area contributed by atoms with Crippen LogP contribution in [0.2, 0.25) is 5.15 Å². The predicted octanol–water partition coefficient (Wildman–Crippen LogP) is 3.59. The molecule has 0 spiro atoms. The average molecular weight is 256 g/mol. The molecule has 88 valence electrons. The van der Waals surface area contributed by atoms with Gasteiger partial charge in [-0.15, -0.1) is 0 Å². The number of ether oxygens (including phenoxy) is 1. The number of benzene rings is 1. The number of nitrogens with zero attached hydrogens (tertiary/aromatic N) is 1. The minimum absolute atomic E-state index is 0.0298. The van der Waals surface area contributed by atoms with Crippen molar-refractivity contribution in [3.8, 4) is 5.75 Å². The first-order valence-corrected chi connectivity index (χ1v) is 5.22. The van der Waals surface area contributed by atoms with Crippen molar-refractivity contribution in [3.05, 3.63) is 58.9 Å². The number of rotatable bonds is 3. The van der Waals surface area contributed by atoms with E-state index in [0.29, 0.717) is 10.7 Å². The van der Waals surface area contributed by atoms with E-state index in [0.717, 1.165) is 12.1 Å². The van der Waals surface area contributed by atoms with Crippen LogP contribution in [0.25, 0.3) is 0 Å². The highest BCUT2D eigenvalue weighted by atomic mass is 35.5. The normalized spacial score (nSPS) is 10.3. The molecular formula is C12H8ClF2NO. The Bertz CT molecular complexity index is 496. The lowest BCUT2D eigenvalue weighted by Gasteiger charge is -2.07. The molecule has 0 bridgehead atoms. The number of halogens is 3. The fraction of sp³-hybridized carbons (Fsp3) is 0.0833. The van der Waals surface area contributed by atoms with Crippen LogP contribution in [0.15, 0.2) is 36.5 Å². The Morgan fingerprint density at radius 3 is 2.41 bits per heavy atom. The molecular weight excluding hydrogens is 248 g/mol. The van der Waals surface area contributed by atoms with Gasteiger partial charge in [-0.2, -0.15) is 0 Å². The Labute approximate surface area is 102 Å². The maximum Gasteiger partial charge on any atom is 0.191 e. The van der Waals surface area contributed by atoms with E-state index in [1.807, 2.05) is 0 Å². The predicted molar refractivity (Wildman–Crippen MR) is 59.9 cm³/mol. The minimum atomic E-state index is -0.730. The molecule has 0 aliphatic rings. The van der Waals surface area contributed by atoms with Crippen molar-refractivity contribution in [1.29, 1.82) is 0 Å². The first-order chi connectivity index (χ1) is 8.16. The van der Waals surface area contributed by atoms with E-state index in [2.05, 4.69) is 4.98 Å². The zero-order chi connectivity index (χ0) is 12.3. The van der Waals surface area contributed by atoms with Crippen LogP contribution < -0.4 is 4.74 Å². The summed E-state index contributed by atoms with van der Waals surface area (Å²) in [5.41, 5.74) is 0.678. The first kappa shape index (κ1) is 11.8. The zero-order valence-electron chi connectivity index (χ0n) is 8.66. The van der Waals surface area contributed by atoms with Crippen molar-refractivity contribution in [2.45, 2.75) is 6.61 Å². The topological polar surface area (TPSA) is 22.1 Å². The lowest BCUT2D eigenvalue weighted by atomic mass is 10.3. The van der Waals surface area contributed by atoms with Crippen LogP contribution in [0, 0.1) is 11.6 Å². The second kappa shape index (κ2) is 5.10. The van der Waals surface area contributed by atoms with Gasteiger partial charge in [-0.3, -0.25) is 0 Å². The van der Waals surface area contributed by atoms with Crippen LogP contribution in [0.4, 0.5) is 8.78 Å². The van der Waals surface area contributed by atoms with Gasteiger partial charge >= 0.3 is 0 Å². The molecule has 0 aliphatic heterocycles. The molecule has 0 amide bonds. The highest BCUT2D eigenvalue weighted by Crippen LogP contribution is 2.21. The monoisotopic (exact) mass is 255 g/mol. The van der Waals surface area contributed by atoms with Gasteiger partial charge in [0.05, 0.1) is 0 Å². The molecule has 17 heavy (non-hydrogen) atoms. The molecule has 1 aromatic carbocycles. The van der Waals surface area contributed by atoms with E-state index in [1.54, 1.807) is 12.1 Å². The summed E-state index contributed by atoms with van der Waals surface area (Å²) in [4.78, 5) is 3.83. The van der Waals surface area contributed by atoms with E-state index in [1.165, 1.54) is 12.3 Å². The lowest BCUT2D eigenvalue weighted by molar-refractivity contribution is 0.274. The number of aromatic nitrogens is 1. The van der Waals surface area contributed by atoms with Gasteiger partial charge < -0.3 is 4.74 Å². The molecule has 2 rings (SSSR count). The Hall–Kier alpha value is -1.68. The highest BCUT2D eigenvalue weighted by molar-refractivity contribution is 6.29. The number of hydrogen-bond donors (Lipinski definition) is 0. The van der Waals surface area contributed by atoms with E-state index in [-0.39, 0.29) is 12.4 Å². The van der Waals surface area contributed by atoms with Gasteiger partial charge in [0.1, 0.15) is 11.8 Å². The van der Waals surface area contributed by atoms with Crippen LogP contribution in [-0.2, 0) is 6.61 Å². The fourth-order valence-corrected chi connectivity index (χ4v) is 1.38. The number of pyridine rings is 1. The Morgan fingerprint density at radius 2 is 1.82 bits per heavy atom. The molecule has 0 saturated heterocycles. The number of para-hydroxylation sites is 1. The van der Waals surface area contributed by atoms with Gasteiger partial charge in [0.2, 0.25) is 0 Å². The third kappa shape index (κ3) is 2.91. The van der Waals surface area contributed by atoms with Crippen LogP contribution in [-0.4, -0.2) is 4.98 Å². The van der Waals surface area contributed by atoms with Gasteiger partial charge in [-0.05, 0) is 18.2 Å². The van der Waals surface area contributed by atoms with Crippen molar-refractivity contribution in [2.75, 3.05) is 0 Å². The van der Waals surface area contributed by atoms with Crippen molar-refractivity contribution >= 4 is 11.6 Å². The van der Waals surface area contributed by atoms with Gasteiger partial charge in [-0.1, -0.05) is 23.7 Å². The van der Waals surface area contributed by atoms with Crippen molar-refractivity contribution in [2.24, 2.45) is 0 Å². The largest absolute Gasteiger partial charge is 0.483 e. The van der Waals surface area contributed by atoms with Crippen LogP contribution in [0.1, 0.15) is 5.56 Å². The SMILES string of the molecule is Fc1cccc(F)c1OCc1ccc(Cl)nc1. The van der Waals surface area contributed by atoms with Gasteiger partial charge in [0.25, 0.3) is 0 Å². The Balaban J connectivity index is 2.10. The van der Waals surface area contributed by atoms with Crippen molar-refractivity contribution in [3.63, 3.8) is 0 Å². The second-order valence-electron chi connectivity index (χ2n) is 3.33. The van der Waals surface area contributed by atoms with Gasteiger partial charge in [-0.25, -0.2) is 13.8 Å². The third-order valence-corrected chi connectivity index (χ3v) is 2.31. The molecule has 0 aliphatic carbocycles. The van der Waals surface area contributed by atoms with E-state index < -0.39 is 11.6 Å². The fourth-order valence-electron chi connectivity index (χ4n) is 1.27. The quantitative estimate of drug-likeness (QED) is 0.782. The van der Waals surface area contributed by atoms with E-state index >= 15 is 0 Å². The van der Waals surface area contributed by atoms with Gasteiger partial charge in [0.15, 0.2) is 17.4 Å². The molecule has 0 radical (unpaired) electrons. The third-order valence-electron chi connectivity index (χ3n) is 2.09. The summed E-state index contributed by atoms with van der Waals surface area (Å²) in [6, 6.07) is 6.81. The maximum atomic E-state index is 13.2. The molecule has 0 N–H and O–H groups in total. The Kier molecular flexibility index (Phi) is 3.54. The summed E-state index contributed by atoms with van der Waals surface area (Å²) in [7, 11) is 0. The molecule has 2 nitrogen and oxygen atoms in total. The summed E-state index contributed by atoms with van der Waals surface area (Å²) in [5, 5.41) is 0.353. The highest BCUT2D eigenvalue weighted by Gasteiger charge is 2.09. The van der Waals surface area contributed by atoms with Crippen molar-refractivity contribution < 1.29 is 13.5 Å². The standard InChI is InChI=1S/C12H8ClF2NO/c13-11-5-4-8(6-16-11)7-17-12-9(14)2-1-3-10(12)15/h1-6H,7H2. The van der Waals surface area contributed by atoms with E-state index in [9.17, 15) is 8.78 Å². The molecule has 0 unspecified atom stereocenters. The zero-order valence-corrected chi connectivity index (χ0v) is 9.42. The van der Waals surface area contributed by atoms with E-state index in [4.69, 9.17) is 16.3 Å². The summed E-state index contributed by atoms with van der Waals surface area (Å²) in [6.45, 7) is 0.0298. The second-order valence-corrected chi connectivity index (χ2v) is 3.72. The van der Waals surface area contributed by atoms with Gasteiger partial charge in [0, 0.05) is 11.8 Å². The summed E-state index contributed by atoms with van der Waals surface area (Å²) >= 11 is 5.61. The first-order valence-electron chi connectivity index (χ1n) is 4.84. The van der Waals surface area contributed by atoms with Crippen molar-refractivity contribution in [1.82, 2.24) is 4.98 Å². The average Bonchev–Trinajstić information content (AvgIpc) is 2.31. The lowest BCUT2D eigenvalue weighted by Crippen LogP contribution is -2.00. The molecule has 5 heteroatoms. The molecule has 0 atom stereocenters. The molecule has 1 aromatic heterocycles. The maximum absolute atomic E-state index is 13.2. The van der Waals surface area contributed by atoms with Crippen LogP contribution in [0.3, 0.4) is 0 Å². The molecule has 0 fully saturated rings. The summed E-state index contributed by atoms with van der Waals surface area (Å²) in [6.07, 6.45) is 1.49. The number of hydrogen-bond acceptors (Lipinski definition) is 2. The smallest absolute Gasteiger partial charge is 0.191 e. The molecule has 1 heterocycles. The summed E-state index contributed by atoms with van der Waals surface area (Å²) < 4.78 is 31.5. The molecule has 2 aromatic rings. The Morgan fingerprint density at radius 1 is 1.12 bits per heavy atom. The summed E-state index contributed by atoms with van der Waals surface area (Å²) in [5.74, 6) is -1.85.